The minimum Gasteiger partial charge on any atom is -0.493 e. The molecule has 0 spiro atoms. The van der Waals surface area contributed by atoms with Crippen LogP contribution in [0.15, 0.2) is 60.2 Å². The quantitative estimate of drug-likeness (QED) is 0.0430. The van der Waals surface area contributed by atoms with E-state index in [-0.39, 0.29) is 31.3 Å². The fourth-order valence-corrected chi connectivity index (χ4v) is 6.62. The maximum absolute atomic E-state index is 11.5. The van der Waals surface area contributed by atoms with E-state index in [2.05, 4.69) is 75.4 Å². The van der Waals surface area contributed by atoms with Crippen molar-refractivity contribution >= 4 is 11.4 Å². The fraction of sp³-hybridized carbons (Fsp3) is 0.591. The molecule has 0 N–H and O–H groups in total. The van der Waals surface area contributed by atoms with Crippen LogP contribution in [-0.4, -0.2) is 4.70 Å². The van der Waals surface area contributed by atoms with Crippen molar-refractivity contribution in [2.45, 2.75) is 168 Å². The molecule has 2 aromatic rings. The van der Waals surface area contributed by atoms with Crippen molar-refractivity contribution < 1.29 is 21.2 Å². The predicted molar refractivity (Wildman–Crippen MR) is 206 cm³/mol. The van der Waals surface area contributed by atoms with E-state index >= 15 is 0 Å². The van der Waals surface area contributed by atoms with Crippen LogP contribution < -0.4 is 0 Å². The van der Waals surface area contributed by atoms with Crippen molar-refractivity contribution in [1.82, 2.24) is 0 Å². The van der Waals surface area contributed by atoms with Crippen LogP contribution in [0.5, 0.6) is 0 Å². The van der Waals surface area contributed by atoms with Gasteiger partial charge < -0.3 is 20.4 Å². The Balaban J connectivity index is 0.00000705. The summed E-state index contributed by atoms with van der Waals surface area (Å²) in [6.07, 6.45) is 32.5. The molecule has 0 atom stereocenters. The van der Waals surface area contributed by atoms with Crippen molar-refractivity contribution in [2.24, 2.45) is 0 Å². The van der Waals surface area contributed by atoms with Gasteiger partial charge in [-0.25, -0.2) is 4.70 Å². The van der Waals surface area contributed by atoms with Crippen molar-refractivity contribution in [3.8, 4) is 0 Å². The number of rotatable bonds is 25. The zero-order valence-corrected chi connectivity index (χ0v) is 32.2. The number of aryl methyl sites for hydroxylation is 2. The standard InChI is InChI=1S/C42H64N2.2CH3.Ni/c1-4-7-10-11-12-13-14-15-16-17-18-19-20-21-23-26-36-30-32-38(33-31-36)41-35-40(28-22-8-5-2)42(44(41)43)39-29-24-27-37(34-39)25-9-6-3;;;/h24,27,29-35H,4-23,25-26,28H2,1-3H3;2*1H3;/q;2*-1;+2. The molecule has 0 saturated carbocycles. The first-order valence-corrected chi connectivity index (χ1v) is 18.8. The van der Waals surface area contributed by atoms with Crippen LogP contribution in [0.2, 0.25) is 0 Å². The van der Waals surface area contributed by atoms with Crippen LogP contribution in [0.4, 0.5) is 0 Å². The van der Waals surface area contributed by atoms with Crippen LogP contribution in [0.3, 0.4) is 0 Å². The summed E-state index contributed by atoms with van der Waals surface area (Å²) in [6, 6.07) is 17.8. The minimum atomic E-state index is 0. The summed E-state index contributed by atoms with van der Waals surface area (Å²) in [5.41, 5.74) is 19.6. The average Bonchev–Trinajstić information content (AvgIpc) is 3.38. The minimum absolute atomic E-state index is 0. The summed E-state index contributed by atoms with van der Waals surface area (Å²) in [6.45, 7) is 6.79. The molecule has 2 nitrogen and oxygen atoms in total. The summed E-state index contributed by atoms with van der Waals surface area (Å²) in [5.74, 6) is 0. The van der Waals surface area contributed by atoms with Crippen molar-refractivity contribution in [1.29, 1.82) is 0 Å². The maximum Gasteiger partial charge on any atom is 2.00 e. The van der Waals surface area contributed by atoms with Crippen LogP contribution in [0, 0.1) is 14.9 Å². The molecule has 1 aliphatic rings. The number of nitrogens with zero attached hydrogens (tertiary/aromatic N) is 2. The van der Waals surface area contributed by atoms with E-state index in [4.69, 9.17) is 0 Å². The van der Waals surface area contributed by atoms with Gasteiger partial charge in [-0.1, -0.05) is 154 Å². The molecule has 0 saturated heterocycles. The van der Waals surface area contributed by atoms with Gasteiger partial charge in [-0.3, -0.25) is 0 Å². The molecule has 0 unspecified atom stereocenters. The molecule has 0 aromatic heterocycles. The Labute approximate surface area is 302 Å². The third-order valence-corrected chi connectivity index (χ3v) is 9.44. The number of unbranched alkanes of at least 4 members (excludes halogenated alkanes) is 17. The Morgan fingerprint density at radius 1 is 0.489 bits per heavy atom. The second-order valence-electron chi connectivity index (χ2n) is 13.4. The number of hydrogen-bond donors (Lipinski definition) is 0. The van der Waals surface area contributed by atoms with Gasteiger partial charge in [0, 0.05) is 22.8 Å². The van der Waals surface area contributed by atoms with Gasteiger partial charge in [-0.15, -0.1) is 0 Å². The van der Waals surface area contributed by atoms with Crippen LogP contribution in [0.25, 0.3) is 16.9 Å². The zero-order valence-electron chi connectivity index (χ0n) is 31.2. The Morgan fingerprint density at radius 3 is 1.51 bits per heavy atom. The summed E-state index contributed by atoms with van der Waals surface area (Å²) in [5, 5.41) is 0. The van der Waals surface area contributed by atoms with Crippen molar-refractivity contribution in [3.05, 3.63) is 103 Å². The first-order valence-electron chi connectivity index (χ1n) is 18.8. The Bertz CT molecular complexity index is 1140. The SMILES string of the molecule is CCCCCCCCCCCCCCCCCc1ccc(C2=CC(CCCCC)=C(c3cccc(CCCC)c3)[N+]2=[N-])cc1.[CH3-].[CH3-].[Ni+2]. The number of benzene rings is 2. The molecular weight excluding hydrogens is 615 g/mol. The predicted octanol–water partition coefficient (Wildman–Crippen LogP) is 14.7. The molecule has 0 bridgehead atoms. The van der Waals surface area contributed by atoms with Gasteiger partial charge in [-0.2, -0.15) is 0 Å². The van der Waals surface area contributed by atoms with E-state index in [1.165, 1.54) is 143 Å². The molecule has 1 aliphatic heterocycles. The Hall–Kier alpha value is -1.99. The van der Waals surface area contributed by atoms with E-state index in [1.807, 2.05) is 0 Å². The largest absolute Gasteiger partial charge is 2.00 e. The topological polar surface area (TPSA) is 25.3 Å². The summed E-state index contributed by atoms with van der Waals surface area (Å²) in [4.78, 5) is 0. The van der Waals surface area contributed by atoms with E-state index in [1.54, 1.807) is 0 Å². The first-order chi connectivity index (χ1) is 21.7. The van der Waals surface area contributed by atoms with Crippen LogP contribution in [-0.2, 0) is 29.3 Å². The molecule has 266 valence electrons. The summed E-state index contributed by atoms with van der Waals surface area (Å²) >= 11 is 0. The zero-order chi connectivity index (χ0) is 31.2. The van der Waals surface area contributed by atoms with Gasteiger partial charge >= 0.3 is 16.5 Å². The number of allylic oxidation sites excluding steroid dienone is 2. The van der Waals surface area contributed by atoms with Crippen LogP contribution >= 0.6 is 0 Å². The molecule has 0 radical (unpaired) electrons. The van der Waals surface area contributed by atoms with Gasteiger partial charge in [-0.05, 0) is 73.9 Å². The number of hydrogen-bond acceptors (Lipinski definition) is 0. The smallest absolute Gasteiger partial charge is 0.493 e. The fourth-order valence-electron chi connectivity index (χ4n) is 6.62. The van der Waals surface area contributed by atoms with E-state index in [0.29, 0.717) is 0 Å². The third-order valence-electron chi connectivity index (χ3n) is 9.44. The first kappa shape index (κ1) is 45.0. The summed E-state index contributed by atoms with van der Waals surface area (Å²) < 4.78 is 1.46. The van der Waals surface area contributed by atoms with E-state index in [0.717, 1.165) is 48.2 Å². The second kappa shape index (κ2) is 27.9. The Kier molecular flexibility index (Phi) is 26.7. The monoisotopic (exact) mass is 684 g/mol. The van der Waals surface area contributed by atoms with Gasteiger partial charge in [0.15, 0.2) is 0 Å². The van der Waals surface area contributed by atoms with Gasteiger partial charge in [0.2, 0.25) is 11.4 Å². The van der Waals surface area contributed by atoms with Crippen molar-refractivity contribution in [2.75, 3.05) is 0 Å². The van der Waals surface area contributed by atoms with Crippen molar-refractivity contribution in [3.63, 3.8) is 0 Å². The van der Waals surface area contributed by atoms with Gasteiger partial charge in [0.1, 0.15) is 0 Å². The average molecular weight is 686 g/mol. The Morgan fingerprint density at radius 2 is 0.957 bits per heavy atom. The molecule has 3 heteroatoms. The molecule has 3 rings (SSSR count). The molecule has 0 aliphatic carbocycles. The molecular formula is C44H70N2Ni. The van der Waals surface area contributed by atoms with E-state index < -0.39 is 0 Å². The second-order valence-corrected chi connectivity index (χ2v) is 13.4. The molecule has 2 aromatic carbocycles. The molecule has 0 amide bonds. The molecule has 1 heterocycles. The maximum atomic E-state index is 11.5. The van der Waals surface area contributed by atoms with Gasteiger partial charge in [0.05, 0.1) is 0 Å². The van der Waals surface area contributed by atoms with E-state index in [9.17, 15) is 5.53 Å². The van der Waals surface area contributed by atoms with Gasteiger partial charge in [0.25, 0.3) is 0 Å². The van der Waals surface area contributed by atoms with Crippen LogP contribution in [0.1, 0.15) is 178 Å². The summed E-state index contributed by atoms with van der Waals surface area (Å²) in [7, 11) is 0. The molecule has 0 fully saturated rings. The molecule has 47 heavy (non-hydrogen) atoms. The third kappa shape index (κ3) is 16.8. The normalized spacial score (nSPS) is 12.4.